The first-order valence-electron chi connectivity index (χ1n) is 11.4. The molecule has 1 saturated heterocycles. The van der Waals surface area contributed by atoms with Crippen LogP contribution in [0.4, 0.5) is 5.69 Å². The molecule has 0 unspecified atom stereocenters. The molecule has 0 saturated carbocycles. The number of hydrogen-bond donors (Lipinski definition) is 1. The molecule has 2 aliphatic rings. The minimum Gasteiger partial charge on any atom is -0.508 e. The molecule has 0 aliphatic carbocycles. The largest absolute Gasteiger partial charge is 0.508 e. The summed E-state index contributed by atoms with van der Waals surface area (Å²) in [4.78, 5) is 2.45. The van der Waals surface area contributed by atoms with E-state index in [4.69, 9.17) is 14.2 Å². The maximum absolute atomic E-state index is 9.91. The first-order valence-corrected chi connectivity index (χ1v) is 11.4. The van der Waals surface area contributed by atoms with Gasteiger partial charge in [-0.15, -0.1) is 0 Å². The third-order valence-electron chi connectivity index (χ3n) is 6.88. The Morgan fingerprint density at radius 1 is 1.00 bits per heavy atom. The van der Waals surface area contributed by atoms with E-state index < -0.39 is 0 Å². The number of aromatic hydroxyl groups is 1. The standard InChI is InChI=1S/C26H35NO4/c1-17(2)25-24(23-10-9-22(28)15-20(23)16-31-25)18-5-7-21(8-6-18)27-13-11-19(12-14-27)26(29-3)30-4/h5-10,15,17,19,24-26,28H,11-14,16H2,1-4H3/t24-,25-/m1/s1. The van der Waals surface area contributed by atoms with Crippen LogP contribution in [0.5, 0.6) is 5.75 Å². The van der Waals surface area contributed by atoms with Crippen LogP contribution < -0.4 is 4.90 Å². The molecule has 2 aliphatic heterocycles. The average molecular weight is 426 g/mol. The topological polar surface area (TPSA) is 51.2 Å². The number of rotatable bonds is 6. The second-order valence-corrected chi connectivity index (χ2v) is 9.14. The van der Waals surface area contributed by atoms with E-state index in [9.17, 15) is 5.11 Å². The number of hydrogen-bond acceptors (Lipinski definition) is 5. The van der Waals surface area contributed by atoms with E-state index in [0.29, 0.717) is 24.2 Å². The van der Waals surface area contributed by atoms with Crippen molar-refractivity contribution in [2.45, 2.75) is 51.6 Å². The number of ether oxygens (including phenoxy) is 3. The van der Waals surface area contributed by atoms with E-state index >= 15 is 0 Å². The highest BCUT2D eigenvalue weighted by Crippen LogP contribution is 2.41. The van der Waals surface area contributed by atoms with Crippen LogP contribution in [0.1, 0.15) is 49.3 Å². The van der Waals surface area contributed by atoms with Crippen molar-refractivity contribution in [1.29, 1.82) is 0 Å². The van der Waals surface area contributed by atoms with Gasteiger partial charge in [-0.2, -0.15) is 0 Å². The van der Waals surface area contributed by atoms with Gasteiger partial charge in [0.05, 0.1) is 12.7 Å². The van der Waals surface area contributed by atoms with E-state index in [1.807, 2.05) is 6.07 Å². The summed E-state index contributed by atoms with van der Waals surface area (Å²) in [5.74, 6) is 1.32. The Bertz CT molecular complexity index is 854. The maximum atomic E-state index is 9.91. The molecule has 0 radical (unpaired) electrons. The van der Waals surface area contributed by atoms with Gasteiger partial charge < -0.3 is 24.2 Å². The summed E-state index contributed by atoms with van der Waals surface area (Å²) in [6.45, 7) is 7.01. The zero-order valence-corrected chi connectivity index (χ0v) is 19.1. The number of piperidine rings is 1. The molecule has 31 heavy (non-hydrogen) atoms. The van der Waals surface area contributed by atoms with Crippen LogP contribution in [0.15, 0.2) is 42.5 Å². The van der Waals surface area contributed by atoms with E-state index in [-0.39, 0.29) is 18.3 Å². The first kappa shape index (κ1) is 22.1. The number of benzene rings is 2. The van der Waals surface area contributed by atoms with Gasteiger partial charge in [0.25, 0.3) is 0 Å². The number of methoxy groups -OCH3 is 2. The summed E-state index contributed by atoms with van der Waals surface area (Å²) in [5.41, 5.74) is 4.88. The van der Waals surface area contributed by atoms with Gasteiger partial charge in [-0.3, -0.25) is 0 Å². The molecular formula is C26H35NO4. The molecule has 168 valence electrons. The van der Waals surface area contributed by atoms with Gasteiger partial charge in [0, 0.05) is 44.8 Å². The van der Waals surface area contributed by atoms with Gasteiger partial charge in [0.1, 0.15) is 5.75 Å². The molecule has 5 nitrogen and oxygen atoms in total. The molecule has 0 spiro atoms. The van der Waals surface area contributed by atoms with Gasteiger partial charge in [-0.1, -0.05) is 32.0 Å². The smallest absolute Gasteiger partial charge is 0.159 e. The minimum absolute atomic E-state index is 0.108. The number of phenols is 1. The van der Waals surface area contributed by atoms with Crippen molar-refractivity contribution in [1.82, 2.24) is 0 Å². The summed E-state index contributed by atoms with van der Waals surface area (Å²) in [5, 5.41) is 9.91. The van der Waals surface area contributed by atoms with Gasteiger partial charge in [-0.25, -0.2) is 0 Å². The lowest BCUT2D eigenvalue weighted by Gasteiger charge is -2.38. The molecule has 0 bridgehead atoms. The molecule has 2 aromatic carbocycles. The number of anilines is 1. The lowest BCUT2D eigenvalue weighted by molar-refractivity contribution is -0.141. The minimum atomic E-state index is -0.108. The Morgan fingerprint density at radius 2 is 1.68 bits per heavy atom. The Labute approximate surface area is 185 Å². The summed E-state index contributed by atoms with van der Waals surface area (Å²) in [6, 6.07) is 14.7. The van der Waals surface area contributed by atoms with Crippen molar-refractivity contribution >= 4 is 5.69 Å². The number of phenolic OH excluding ortho intramolecular Hbond substituents is 1. The summed E-state index contributed by atoms with van der Waals surface area (Å²) >= 11 is 0. The van der Waals surface area contributed by atoms with Crippen LogP contribution in [0.3, 0.4) is 0 Å². The van der Waals surface area contributed by atoms with E-state index in [1.165, 1.54) is 16.8 Å². The third kappa shape index (κ3) is 4.59. The van der Waals surface area contributed by atoms with Crippen LogP contribution >= 0.6 is 0 Å². The Hall–Kier alpha value is -2.08. The molecule has 2 heterocycles. The Balaban J connectivity index is 1.52. The summed E-state index contributed by atoms with van der Waals surface area (Å²) in [7, 11) is 3.44. The molecule has 4 rings (SSSR count). The SMILES string of the molecule is COC(OC)C1CCN(c2ccc([C@@H]3c4ccc(O)cc4CO[C@@H]3C(C)C)cc2)CC1. The van der Waals surface area contributed by atoms with Crippen molar-refractivity contribution in [2.75, 3.05) is 32.2 Å². The van der Waals surface area contributed by atoms with Crippen LogP contribution in [-0.2, 0) is 20.8 Å². The van der Waals surface area contributed by atoms with Gasteiger partial charge in [0.15, 0.2) is 6.29 Å². The van der Waals surface area contributed by atoms with E-state index in [2.05, 4.69) is 49.1 Å². The van der Waals surface area contributed by atoms with Crippen molar-refractivity contribution < 1.29 is 19.3 Å². The van der Waals surface area contributed by atoms with Crippen molar-refractivity contribution in [3.8, 4) is 5.75 Å². The van der Waals surface area contributed by atoms with Crippen molar-refractivity contribution in [2.24, 2.45) is 11.8 Å². The van der Waals surface area contributed by atoms with Crippen LogP contribution in [0, 0.1) is 11.8 Å². The first-order chi connectivity index (χ1) is 15.0. The zero-order valence-electron chi connectivity index (χ0n) is 19.1. The van der Waals surface area contributed by atoms with Crippen LogP contribution in [0.2, 0.25) is 0 Å². The molecule has 2 atom stereocenters. The van der Waals surface area contributed by atoms with Crippen LogP contribution in [-0.4, -0.2) is 44.8 Å². The number of nitrogens with zero attached hydrogens (tertiary/aromatic N) is 1. The lowest BCUT2D eigenvalue weighted by atomic mass is 9.78. The van der Waals surface area contributed by atoms with E-state index in [0.717, 1.165) is 31.5 Å². The molecule has 0 amide bonds. The average Bonchev–Trinajstić information content (AvgIpc) is 2.79. The van der Waals surface area contributed by atoms with E-state index in [1.54, 1.807) is 20.3 Å². The van der Waals surface area contributed by atoms with Crippen molar-refractivity contribution in [3.05, 3.63) is 59.2 Å². The molecule has 1 N–H and O–H groups in total. The molecule has 0 aromatic heterocycles. The highest BCUT2D eigenvalue weighted by atomic mass is 16.7. The van der Waals surface area contributed by atoms with Gasteiger partial charge in [-0.05, 0) is 59.7 Å². The normalized spacial score (nSPS) is 22.2. The Kier molecular flexibility index (Phi) is 6.85. The molecular weight excluding hydrogens is 390 g/mol. The zero-order chi connectivity index (χ0) is 22.0. The third-order valence-corrected chi connectivity index (χ3v) is 6.88. The fourth-order valence-electron chi connectivity index (χ4n) is 5.23. The Morgan fingerprint density at radius 3 is 2.29 bits per heavy atom. The molecule has 2 aromatic rings. The van der Waals surface area contributed by atoms with Gasteiger partial charge in [0.2, 0.25) is 0 Å². The summed E-state index contributed by atoms with van der Waals surface area (Å²) in [6.07, 6.45) is 2.15. The molecule has 1 fully saturated rings. The monoisotopic (exact) mass is 425 g/mol. The quantitative estimate of drug-likeness (QED) is 0.666. The summed E-state index contributed by atoms with van der Waals surface area (Å²) < 4.78 is 17.2. The predicted molar refractivity (Wildman–Crippen MR) is 123 cm³/mol. The highest BCUT2D eigenvalue weighted by Gasteiger charge is 2.34. The highest BCUT2D eigenvalue weighted by molar-refractivity contribution is 5.51. The molecule has 5 heteroatoms. The van der Waals surface area contributed by atoms with Crippen LogP contribution in [0.25, 0.3) is 0 Å². The number of fused-ring (bicyclic) bond motifs is 1. The van der Waals surface area contributed by atoms with Gasteiger partial charge >= 0.3 is 0 Å². The fraction of sp³-hybridized carbons (Fsp3) is 0.538. The maximum Gasteiger partial charge on any atom is 0.159 e. The fourth-order valence-corrected chi connectivity index (χ4v) is 5.23. The van der Waals surface area contributed by atoms with Crippen molar-refractivity contribution in [3.63, 3.8) is 0 Å². The second-order valence-electron chi connectivity index (χ2n) is 9.14. The lowest BCUT2D eigenvalue weighted by Crippen LogP contribution is -2.39. The predicted octanol–water partition coefficient (Wildman–Crippen LogP) is 4.91. The second kappa shape index (κ2) is 9.60.